The number of rotatable bonds is 1. The van der Waals surface area contributed by atoms with Gasteiger partial charge in [-0.05, 0) is 64.2 Å². The molecule has 0 aromatic carbocycles. The van der Waals surface area contributed by atoms with Gasteiger partial charge in [-0.15, -0.1) is 0 Å². The molecule has 0 heteroatoms. The van der Waals surface area contributed by atoms with Gasteiger partial charge in [0.1, 0.15) is 0 Å². The summed E-state index contributed by atoms with van der Waals surface area (Å²) in [6.45, 7) is 8.71. The van der Waals surface area contributed by atoms with Crippen molar-refractivity contribution in [1.82, 2.24) is 0 Å². The maximum Gasteiger partial charge on any atom is -0.0195 e. The van der Waals surface area contributed by atoms with E-state index in [1.54, 1.807) is 5.57 Å². The van der Waals surface area contributed by atoms with Gasteiger partial charge in [0.2, 0.25) is 0 Å². The molecule has 1 fully saturated rings. The molecule has 0 bridgehead atoms. The van der Waals surface area contributed by atoms with Crippen molar-refractivity contribution in [3.63, 3.8) is 0 Å². The molecule has 0 aromatic rings. The van der Waals surface area contributed by atoms with E-state index < -0.39 is 0 Å². The molecule has 14 heavy (non-hydrogen) atoms. The summed E-state index contributed by atoms with van der Waals surface area (Å²) in [5, 5.41) is 0. The summed E-state index contributed by atoms with van der Waals surface area (Å²) in [4.78, 5) is 0. The summed E-state index contributed by atoms with van der Waals surface area (Å²) in [6, 6.07) is 0. The Hall–Kier alpha value is -0.520. The van der Waals surface area contributed by atoms with Gasteiger partial charge in [0.25, 0.3) is 0 Å². The quantitative estimate of drug-likeness (QED) is 0.535. The van der Waals surface area contributed by atoms with Crippen LogP contribution in [0.25, 0.3) is 0 Å². The molecular formula is C14H22. The Morgan fingerprint density at radius 1 is 1.29 bits per heavy atom. The summed E-state index contributed by atoms with van der Waals surface area (Å²) in [6.07, 6.45) is 8.32. The maximum absolute atomic E-state index is 4.14. The van der Waals surface area contributed by atoms with Crippen LogP contribution in [0.2, 0.25) is 0 Å². The molecule has 0 heterocycles. The third-order valence-electron chi connectivity index (χ3n) is 4.17. The van der Waals surface area contributed by atoms with Crippen molar-refractivity contribution in [2.45, 2.75) is 52.4 Å². The molecular weight excluding hydrogens is 168 g/mol. The zero-order valence-corrected chi connectivity index (χ0v) is 9.60. The van der Waals surface area contributed by atoms with Crippen molar-refractivity contribution in [1.29, 1.82) is 0 Å². The number of allylic oxidation sites excluding steroid dienone is 3. The average molecular weight is 190 g/mol. The largest absolute Gasteiger partial charge is 0.0999 e. The topological polar surface area (TPSA) is 0 Å². The molecule has 1 saturated carbocycles. The van der Waals surface area contributed by atoms with Crippen LogP contribution < -0.4 is 0 Å². The molecule has 0 N–H and O–H groups in total. The molecule has 0 aromatic heterocycles. The molecule has 0 amide bonds. The van der Waals surface area contributed by atoms with E-state index >= 15 is 0 Å². The van der Waals surface area contributed by atoms with Crippen LogP contribution in [0.3, 0.4) is 0 Å². The molecule has 2 atom stereocenters. The second-order valence-corrected chi connectivity index (χ2v) is 5.21. The standard InChI is InChI=1S/C14H22/c1-10(2)12-8-7-11(3)14-6-4-5-13(14)9-12/h12-13H,1,4-9H2,2-3H3. The van der Waals surface area contributed by atoms with Gasteiger partial charge in [0.15, 0.2) is 0 Å². The van der Waals surface area contributed by atoms with Gasteiger partial charge in [-0.25, -0.2) is 0 Å². The highest BCUT2D eigenvalue weighted by atomic mass is 14.3. The Bertz CT molecular complexity index is 270. The van der Waals surface area contributed by atoms with E-state index in [1.165, 1.54) is 44.1 Å². The monoisotopic (exact) mass is 190 g/mol. The molecule has 0 aliphatic heterocycles. The Morgan fingerprint density at radius 2 is 2.07 bits per heavy atom. The fourth-order valence-electron chi connectivity index (χ4n) is 3.20. The highest BCUT2D eigenvalue weighted by molar-refractivity contribution is 5.22. The van der Waals surface area contributed by atoms with Crippen molar-refractivity contribution in [3.8, 4) is 0 Å². The molecule has 0 saturated heterocycles. The van der Waals surface area contributed by atoms with Crippen molar-refractivity contribution in [3.05, 3.63) is 23.3 Å². The van der Waals surface area contributed by atoms with Crippen LogP contribution in [0, 0.1) is 11.8 Å². The first-order valence-electron chi connectivity index (χ1n) is 6.02. The lowest BCUT2D eigenvalue weighted by atomic mass is 9.87. The van der Waals surface area contributed by atoms with Gasteiger partial charge in [-0.1, -0.05) is 23.3 Å². The summed E-state index contributed by atoms with van der Waals surface area (Å²) in [5.74, 6) is 1.71. The van der Waals surface area contributed by atoms with E-state index in [0.29, 0.717) is 0 Å². The first-order valence-corrected chi connectivity index (χ1v) is 6.02. The van der Waals surface area contributed by atoms with Gasteiger partial charge < -0.3 is 0 Å². The molecule has 0 radical (unpaired) electrons. The van der Waals surface area contributed by atoms with Crippen LogP contribution in [0.4, 0.5) is 0 Å². The predicted octanol–water partition coefficient (Wildman–Crippen LogP) is 4.48. The number of hydrogen-bond acceptors (Lipinski definition) is 0. The van der Waals surface area contributed by atoms with E-state index in [4.69, 9.17) is 0 Å². The van der Waals surface area contributed by atoms with Crippen LogP contribution >= 0.6 is 0 Å². The second kappa shape index (κ2) is 3.92. The lowest BCUT2D eigenvalue weighted by Gasteiger charge is -2.18. The van der Waals surface area contributed by atoms with E-state index in [0.717, 1.165) is 11.8 Å². The van der Waals surface area contributed by atoms with Gasteiger partial charge >= 0.3 is 0 Å². The third-order valence-corrected chi connectivity index (χ3v) is 4.17. The molecule has 78 valence electrons. The fraction of sp³-hybridized carbons (Fsp3) is 0.714. The zero-order chi connectivity index (χ0) is 10.1. The van der Waals surface area contributed by atoms with Gasteiger partial charge in [-0.2, -0.15) is 0 Å². The minimum Gasteiger partial charge on any atom is -0.0999 e. The minimum atomic E-state index is 0.797. The van der Waals surface area contributed by atoms with Gasteiger partial charge in [0.05, 0.1) is 0 Å². The molecule has 2 unspecified atom stereocenters. The molecule has 2 rings (SSSR count). The number of hydrogen-bond donors (Lipinski definition) is 0. The van der Waals surface area contributed by atoms with E-state index in [-0.39, 0.29) is 0 Å². The van der Waals surface area contributed by atoms with Gasteiger partial charge in [-0.3, -0.25) is 0 Å². The lowest BCUT2D eigenvalue weighted by molar-refractivity contribution is 0.449. The summed E-state index contributed by atoms with van der Waals surface area (Å²) < 4.78 is 0. The Labute approximate surface area is 88.1 Å². The van der Waals surface area contributed by atoms with E-state index in [2.05, 4.69) is 20.4 Å². The molecule has 2 aliphatic rings. The summed E-state index contributed by atoms with van der Waals surface area (Å²) in [5.41, 5.74) is 4.93. The molecule has 2 aliphatic carbocycles. The Kier molecular flexibility index (Phi) is 2.80. The maximum atomic E-state index is 4.14. The van der Waals surface area contributed by atoms with Crippen LogP contribution in [-0.4, -0.2) is 0 Å². The van der Waals surface area contributed by atoms with Crippen LogP contribution in [0.5, 0.6) is 0 Å². The van der Waals surface area contributed by atoms with E-state index in [1.807, 2.05) is 5.57 Å². The summed E-state index contributed by atoms with van der Waals surface area (Å²) in [7, 11) is 0. The Morgan fingerprint density at radius 3 is 2.79 bits per heavy atom. The van der Waals surface area contributed by atoms with Crippen LogP contribution in [0.1, 0.15) is 52.4 Å². The smallest absolute Gasteiger partial charge is 0.0195 e. The highest BCUT2D eigenvalue weighted by Crippen LogP contribution is 2.43. The normalized spacial score (nSPS) is 32.7. The van der Waals surface area contributed by atoms with Crippen molar-refractivity contribution in [2.75, 3.05) is 0 Å². The zero-order valence-electron chi connectivity index (χ0n) is 9.60. The Balaban J connectivity index is 2.16. The third kappa shape index (κ3) is 1.80. The highest BCUT2D eigenvalue weighted by Gasteiger charge is 2.28. The molecule has 0 spiro atoms. The van der Waals surface area contributed by atoms with Gasteiger partial charge in [0, 0.05) is 0 Å². The van der Waals surface area contributed by atoms with Crippen molar-refractivity contribution < 1.29 is 0 Å². The summed E-state index contributed by atoms with van der Waals surface area (Å²) >= 11 is 0. The van der Waals surface area contributed by atoms with Crippen LogP contribution in [0.15, 0.2) is 23.3 Å². The minimum absolute atomic E-state index is 0.797. The van der Waals surface area contributed by atoms with E-state index in [9.17, 15) is 0 Å². The van der Waals surface area contributed by atoms with Crippen molar-refractivity contribution >= 4 is 0 Å². The lowest BCUT2D eigenvalue weighted by Crippen LogP contribution is -2.06. The molecule has 0 nitrogen and oxygen atoms in total. The number of fused-ring (bicyclic) bond motifs is 1. The SMILES string of the molecule is C=C(C)C1CCC(C)=C2CCCC2C1. The van der Waals surface area contributed by atoms with Crippen LogP contribution in [-0.2, 0) is 0 Å². The first-order chi connectivity index (χ1) is 6.68. The fourth-order valence-corrected chi connectivity index (χ4v) is 3.20. The second-order valence-electron chi connectivity index (χ2n) is 5.21. The first kappa shape index (κ1) is 10.0. The van der Waals surface area contributed by atoms with Crippen molar-refractivity contribution in [2.24, 2.45) is 11.8 Å². The average Bonchev–Trinajstić information content (AvgIpc) is 2.53. The predicted molar refractivity (Wildman–Crippen MR) is 62.2 cm³/mol.